The monoisotopic (exact) mass is 245 g/mol. The topological polar surface area (TPSA) is 72.5 Å². The lowest BCUT2D eigenvalue weighted by molar-refractivity contribution is 0.0997. The van der Waals surface area contributed by atoms with Crippen molar-refractivity contribution < 1.29 is 14.6 Å². The van der Waals surface area contributed by atoms with Crippen molar-refractivity contribution in [1.82, 2.24) is 0 Å². The van der Waals surface area contributed by atoms with Crippen molar-refractivity contribution in [3.8, 4) is 11.5 Å². The molecule has 0 saturated carbocycles. The zero-order chi connectivity index (χ0) is 10.0. The van der Waals surface area contributed by atoms with Gasteiger partial charge in [0.15, 0.2) is 11.5 Å². The molecule has 0 heterocycles. The van der Waals surface area contributed by atoms with Crippen LogP contribution < -0.4 is 10.5 Å². The van der Waals surface area contributed by atoms with Crippen LogP contribution in [0.15, 0.2) is 16.6 Å². The highest BCUT2D eigenvalue weighted by atomic mass is 79.9. The highest BCUT2D eigenvalue weighted by Crippen LogP contribution is 2.32. The van der Waals surface area contributed by atoms with Crippen LogP contribution in [0.5, 0.6) is 11.5 Å². The van der Waals surface area contributed by atoms with Gasteiger partial charge < -0.3 is 15.6 Å². The lowest BCUT2D eigenvalue weighted by Crippen LogP contribution is -2.11. The van der Waals surface area contributed by atoms with E-state index >= 15 is 0 Å². The number of primary amides is 1. The first kappa shape index (κ1) is 9.85. The molecular formula is C8H8BrNO3. The molecule has 1 aromatic carbocycles. The molecular weight excluding hydrogens is 238 g/mol. The van der Waals surface area contributed by atoms with Gasteiger partial charge in [0, 0.05) is 4.47 Å². The van der Waals surface area contributed by atoms with Crippen LogP contribution in [0, 0.1) is 0 Å². The number of aromatic hydroxyl groups is 1. The van der Waals surface area contributed by atoms with Crippen molar-refractivity contribution in [1.29, 1.82) is 0 Å². The van der Waals surface area contributed by atoms with E-state index in [9.17, 15) is 9.90 Å². The summed E-state index contributed by atoms with van der Waals surface area (Å²) >= 11 is 3.16. The SMILES string of the molecule is COc1cc(Br)cc(C(N)=O)c1O. The number of benzene rings is 1. The molecule has 0 saturated heterocycles. The second-order valence-corrected chi connectivity index (χ2v) is 3.28. The van der Waals surface area contributed by atoms with E-state index in [-0.39, 0.29) is 17.1 Å². The van der Waals surface area contributed by atoms with Gasteiger partial charge in [0.25, 0.3) is 5.91 Å². The smallest absolute Gasteiger partial charge is 0.252 e. The molecule has 0 atom stereocenters. The third-order valence-electron chi connectivity index (χ3n) is 1.53. The molecule has 0 radical (unpaired) electrons. The second kappa shape index (κ2) is 3.66. The number of methoxy groups -OCH3 is 1. The Bertz CT molecular complexity index is 351. The van der Waals surface area contributed by atoms with Crippen molar-refractivity contribution in [2.45, 2.75) is 0 Å². The van der Waals surface area contributed by atoms with Gasteiger partial charge in [-0.3, -0.25) is 4.79 Å². The van der Waals surface area contributed by atoms with Crippen LogP contribution in [0.1, 0.15) is 10.4 Å². The van der Waals surface area contributed by atoms with E-state index in [0.29, 0.717) is 4.47 Å². The minimum Gasteiger partial charge on any atom is -0.504 e. The molecule has 0 aromatic heterocycles. The van der Waals surface area contributed by atoms with Gasteiger partial charge in [0.1, 0.15) is 0 Å². The fourth-order valence-corrected chi connectivity index (χ4v) is 1.35. The molecule has 5 heteroatoms. The number of ether oxygens (including phenoxy) is 1. The standard InChI is InChI=1S/C8H8BrNO3/c1-13-6-3-4(9)2-5(7(6)11)8(10)12/h2-3,11H,1H3,(H2,10,12). The van der Waals surface area contributed by atoms with E-state index in [2.05, 4.69) is 15.9 Å². The fraction of sp³-hybridized carbons (Fsp3) is 0.125. The summed E-state index contributed by atoms with van der Waals surface area (Å²) in [6, 6.07) is 2.97. The molecule has 0 unspecified atom stereocenters. The van der Waals surface area contributed by atoms with Gasteiger partial charge in [-0.25, -0.2) is 0 Å². The van der Waals surface area contributed by atoms with E-state index in [1.807, 2.05) is 0 Å². The predicted molar refractivity (Wildman–Crippen MR) is 50.9 cm³/mol. The van der Waals surface area contributed by atoms with Crippen molar-refractivity contribution in [3.63, 3.8) is 0 Å². The lowest BCUT2D eigenvalue weighted by atomic mass is 10.2. The molecule has 0 bridgehead atoms. The Balaban J connectivity index is 3.35. The minimum absolute atomic E-state index is 0.0335. The summed E-state index contributed by atoms with van der Waals surface area (Å²) in [5.74, 6) is -0.724. The van der Waals surface area contributed by atoms with Crippen LogP contribution in [-0.4, -0.2) is 18.1 Å². The van der Waals surface area contributed by atoms with Crippen molar-refractivity contribution in [3.05, 3.63) is 22.2 Å². The lowest BCUT2D eigenvalue weighted by Gasteiger charge is -2.06. The minimum atomic E-state index is -0.697. The Morgan fingerprint density at radius 1 is 1.62 bits per heavy atom. The number of hydrogen-bond donors (Lipinski definition) is 2. The molecule has 0 aliphatic rings. The Hall–Kier alpha value is -1.23. The molecule has 0 spiro atoms. The quantitative estimate of drug-likeness (QED) is 0.825. The Labute approximate surface area is 83.4 Å². The number of carbonyl (C=O) groups is 1. The van der Waals surface area contributed by atoms with Crippen LogP contribution in [0.25, 0.3) is 0 Å². The van der Waals surface area contributed by atoms with Gasteiger partial charge in [0.05, 0.1) is 12.7 Å². The van der Waals surface area contributed by atoms with Gasteiger partial charge in [-0.2, -0.15) is 0 Å². The third kappa shape index (κ3) is 1.92. The van der Waals surface area contributed by atoms with Gasteiger partial charge >= 0.3 is 0 Å². The number of halogens is 1. The Kier molecular flexibility index (Phi) is 2.77. The molecule has 70 valence electrons. The van der Waals surface area contributed by atoms with Gasteiger partial charge in [-0.05, 0) is 12.1 Å². The molecule has 0 aliphatic carbocycles. The molecule has 0 fully saturated rings. The summed E-state index contributed by atoms with van der Waals surface area (Å²) in [4.78, 5) is 10.8. The van der Waals surface area contributed by atoms with E-state index in [0.717, 1.165) is 0 Å². The zero-order valence-electron chi connectivity index (χ0n) is 6.87. The summed E-state index contributed by atoms with van der Waals surface area (Å²) < 4.78 is 5.45. The second-order valence-electron chi connectivity index (χ2n) is 2.37. The van der Waals surface area contributed by atoms with Gasteiger partial charge in [-0.1, -0.05) is 15.9 Å². The first-order valence-corrected chi connectivity index (χ1v) is 4.22. The highest BCUT2D eigenvalue weighted by molar-refractivity contribution is 9.10. The number of phenols is 1. The fourth-order valence-electron chi connectivity index (χ4n) is 0.918. The maximum Gasteiger partial charge on any atom is 0.252 e. The largest absolute Gasteiger partial charge is 0.504 e. The van der Waals surface area contributed by atoms with E-state index in [1.165, 1.54) is 13.2 Å². The highest BCUT2D eigenvalue weighted by Gasteiger charge is 2.13. The first-order valence-electron chi connectivity index (χ1n) is 3.42. The molecule has 3 N–H and O–H groups in total. The van der Waals surface area contributed by atoms with E-state index in [4.69, 9.17) is 10.5 Å². The van der Waals surface area contributed by atoms with Crippen LogP contribution in [0.4, 0.5) is 0 Å². The number of amides is 1. The Morgan fingerprint density at radius 2 is 2.23 bits per heavy atom. The maximum absolute atomic E-state index is 10.8. The van der Waals surface area contributed by atoms with Crippen LogP contribution in [0.3, 0.4) is 0 Å². The molecule has 1 amide bonds. The van der Waals surface area contributed by atoms with Gasteiger partial charge in [-0.15, -0.1) is 0 Å². The molecule has 0 aliphatic heterocycles. The summed E-state index contributed by atoms with van der Waals surface area (Å²) in [5.41, 5.74) is 5.07. The van der Waals surface area contributed by atoms with Crippen molar-refractivity contribution in [2.75, 3.05) is 7.11 Å². The van der Waals surface area contributed by atoms with E-state index < -0.39 is 5.91 Å². The third-order valence-corrected chi connectivity index (χ3v) is 1.98. The summed E-state index contributed by atoms with van der Waals surface area (Å²) in [6.07, 6.45) is 0. The molecule has 1 aromatic rings. The molecule has 4 nitrogen and oxygen atoms in total. The summed E-state index contributed by atoms with van der Waals surface area (Å²) in [5, 5.41) is 9.44. The average molecular weight is 246 g/mol. The van der Waals surface area contributed by atoms with Crippen molar-refractivity contribution >= 4 is 21.8 Å². The van der Waals surface area contributed by atoms with Crippen LogP contribution >= 0.6 is 15.9 Å². The number of carbonyl (C=O) groups excluding carboxylic acids is 1. The molecule has 13 heavy (non-hydrogen) atoms. The van der Waals surface area contributed by atoms with Crippen LogP contribution in [-0.2, 0) is 0 Å². The summed E-state index contributed by atoms with van der Waals surface area (Å²) in [6.45, 7) is 0. The van der Waals surface area contributed by atoms with Crippen LogP contribution in [0.2, 0.25) is 0 Å². The number of hydrogen-bond acceptors (Lipinski definition) is 3. The van der Waals surface area contributed by atoms with Crippen molar-refractivity contribution in [2.24, 2.45) is 5.73 Å². The number of rotatable bonds is 2. The Morgan fingerprint density at radius 3 is 2.69 bits per heavy atom. The number of nitrogens with two attached hydrogens (primary N) is 1. The first-order chi connectivity index (χ1) is 6.06. The summed E-state index contributed by atoms with van der Waals surface area (Å²) in [7, 11) is 1.40. The predicted octanol–water partition coefficient (Wildman–Crippen LogP) is 1.26. The zero-order valence-corrected chi connectivity index (χ0v) is 8.46. The molecule has 1 rings (SSSR count). The average Bonchev–Trinajstić information content (AvgIpc) is 2.08. The maximum atomic E-state index is 10.8. The normalized spacial score (nSPS) is 9.69. The van der Waals surface area contributed by atoms with Gasteiger partial charge in [0.2, 0.25) is 0 Å². The van der Waals surface area contributed by atoms with E-state index in [1.54, 1.807) is 6.07 Å².